The van der Waals surface area contributed by atoms with Crippen molar-refractivity contribution in [1.29, 1.82) is 0 Å². The van der Waals surface area contributed by atoms with Crippen molar-refractivity contribution >= 4 is 44.8 Å². The van der Waals surface area contributed by atoms with Gasteiger partial charge in [-0.1, -0.05) is 24.6 Å². The summed E-state index contributed by atoms with van der Waals surface area (Å²) in [7, 11) is -2.21. The highest BCUT2D eigenvalue weighted by atomic mass is 35.5. The fourth-order valence-corrected chi connectivity index (χ4v) is 6.41. The van der Waals surface area contributed by atoms with Crippen LogP contribution in [0.25, 0.3) is 0 Å². The van der Waals surface area contributed by atoms with Crippen molar-refractivity contribution in [3.63, 3.8) is 0 Å². The number of aliphatic imine (C=N–C) groups is 1. The van der Waals surface area contributed by atoms with Crippen molar-refractivity contribution in [2.45, 2.75) is 25.4 Å². The van der Waals surface area contributed by atoms with Crippen LogP contribution in [-0.2, 0) is 19.6 Å². The molecule has 33 heavy (non-hydrogen) atoms. The highest BCUT2D eigenvalue weighted by molar-refractivity contribution is 7.88. The third kappa shape index (κ3) is 4.42. The van der Waals surface area contributed by atoms with Gasteiger partial charge in [-0.2, -0.15) is 4.31 Å². The number of aromatic nitrogens is 1. The molecule has 0 spiro atoms. The Morgan fingerprint density at radius 3 is 2.76 bits per heavy atom. The maximum absolute atomic E-state index is 13.7. The number of thiazole rings is 1. The number of carbonyl (C=O) groups is 1. The molecule has 2 aromatic rings. The van der Waals surface area contributed by atoms with Crippen molar-refractivity contribution in [3.05, 3.63) is 62.5 Å². The molecule has 1 fully saturated rings. The van der Waals surface area contributed by atoms with E-state index in [0.717, 1.165) is 0 Å². The molecule has 1 aromatic carbocycles. The molecule has 0 N–H and O–H groups in total. The minimum atomic E-state index is -3.48. The van der Waals surface area contributed by atoms with E-state index in [0.29, 0.717) is 28.6 Å². The number of nitrogens with zero attached hydrogens (tertiary/aromatic N) is 4. The number of hydrogen-bond acceptors (Lipinski definition) is 8. The molecule has 12 heteroatoms. The number of halogens is 2. The average Bonchev–Trinajstić information content (AvgIpc) is 3.42. The lowest BCUT2D eigenvalue weighted by atomic mass is 9.94. The summed E-state index contributed by atoms with van der Waals surface area (Å²) < 4.78 is 45.0. The van der Waals surface area contributed by atoms with Crippen LogP contribution in [0.1, 0.15) is 30.0 Å². The molecule has 0 aliphatic carbocycles. The number of esters is 1. The Balaban J connectivity index is 1.92. The van der Waals surface area contributed by atoms with Gasteiger partial charge in [0.25, 0.3) is 0 Å². The van der Waals surface area contributed by atoms with E-state index in [1.54, 1.807) is 18.5 Å². The molecule has 176 valence electrons. The van der Waals surface area contributed by atoms with Gasteiger partial charge in [0.2, 0.25) is 10.0 Å². The zero-order valence-electron chi connectivity index (χ0n) is 18.2. The van der Waals surface area contributed by atoms with Crippen LogP contribution in [0.4, 0.5) is 4.39 Å². The Labute approximate surface area is 200 Å². The smallest absolute Gasteiger partial charge is 0.338 e. The summed E-state index contributed by atoms with van der Waals surface area (Å²) in [4.78, 5) is 24.0. The number of fused-ring (bicyclic) bond motifs is 1. The van der Waals surface area contributed by atoms with Gasteiger partial charge in [0.1, 0.15) is 11.9 Å². The zero-order chi connectivity index (χ0) is 23.9. The lowest BCUT2D eigenvalue weighted by molar-refractivity contribution is -0.136. The van der Waals surface area contributed by atoms with Gasteiger partial charge in [-0.25, -0.2) is 22.6 Å². The Morgan fingerprint density at radius 2 is 2.18 bits per heavy atom. The molecular weight excluding hydrogens is 491 g/mol. The molecule has 3 heterocycles. The van der Waals surface area contributed by atoms with Crippen LogP contribution >= 0.6 is 22.9 Å². The van der Waals surface area contributed by atoms with Crippen LogP contribution in [0.15, 0.2) is 46.0 Å². The molecule has 1 aromatic heterocycles. The van der Waals surface area contributed by atoms with Crippen LogP contribution in [0, 0.1) is 5.82 Å². The first-order chi connectivity index (χ1) is 15.7. The van der Waals surface area contributed by atoms with Gasteiger partial charge in [-0.15, -0.1) is 11.3 Å². The Hall–Kier alpha value is -2.34. The maximum atomic E-state index is 13.7. The lowest BCUT2D eigenvalue weighted by Gasteiger charge is -2.31. The van der Waals surface area contributed by atoms with E-state index in [2.05, 4.69) is 4.98 Å². The van der Waals surface area contributed by atoms with Crippen molar-refractivity contribution in [2.24, 2.45) is 4.99 Å². The van der Waals surface area contributed by atoms with Gasteiger partial charge in [-0.3, -0.25) is 4.99 Å². The predicted molar refractivity (Wildman–Crippen MR) is 124 cm³/mol. The highest BCUT2D eigenvalue weighted by Crippen LogP contribution is 2.43. The molecular formula is C21H22ClFN4O4S2. The van der Waals surface area contributed by atoms with Crippen LogP contribution in [0.3, 0.4) is 0 Å². The summed E-state index contributed by atoms with van der Waals surface area (Å²) in [5, 5.41) is 2.54. The van der Waals surface area contributed by atoms with Crippen molar-refractivity contribution in [1.82, 2.24) is 14.2 Å². The molecule has 2 aliphatic rings. The van der Waals surface area contributed by atoms with Gasteiger partial charge in [0.15, 0.2) is 10.8 Å². The number of carbonyl (C=O) groups excluding carboxylic acids is 1. The number of sulfonamides is 1. The van der Waals surface area contributed by atoms with Gasteiger partial charge < -0.3 is 9.64 Å². The van der Waals surface area contributed by atoms with Gasteiger partial charge in [0, 0.05) is 53.4 Å². The number of ether oxygens (including phenoxy) is 1. The Bertz CT molecular complexity index is 1250. The first kappa shape index (κ1) is 23.8. The minimum absolute atomic E-state index is 0.124. The standard InChI is InChI=1S/C21H22ClFN4O4S2/c1-4-27(33(3,29)30)13-10-16-17(21(28)31-2)18(14-6-5-12(23)9-15(14)22)25-19(26(16)11-13)20-24-7-8-32-20/h5-9,13,18H,4,10-11H2,1-3H3/t13-,18-/m0/s1. The van der Waals surface area contributed by atoms with E-state index in [1.807, 2.05) is 4.90 Å². The van der Waals surface area contributed by atoms with E-state index in [4.69, 9.17) is 21.3 Å². The van der Waals surface area contributed by atoms with Gasteiger partial charge in [-0.05, 0) is 12.1 Å². The van der Waals surface area contributed by atoms with E-state index >= 15 is 0 Å². The monoisotopic (exact) mass is 512 g/mol. The molecule has 2 atom stereocenters. The van der Waals surface area contributed by atoms with Gasteiger partial charge >= 0.3 is 5.97 Å². The maximum Gasteiger partial charge on any atom is 0.338 e. The minimum Gasteiger partial charge on any atom is -0.466 e. The normalized spacial score (nSPS) is 20.8. The Morgan fingerprint density at radius 1 is 1.42 bits per heavy atom. The molecule has 8 nitrogen and oxygen atoms in total. The van der Waals surface area contributed by atoms with Crippen molar-refractivity contribution in [3.8, 4) is 0 Å². The van der Waals surface area contributed by atoms with Crippen molar-refractivity contribution < 1.29 is 22.3 Å². The number of methoxy groups -OCH3 is 1. The molecule has 0 radical (unpaired) electrons. The van der Waals surface area contributed by atoms with E-state index in [9.17, 15) is 17.6 Å². The molecule has 1 saturated heterocycles. The molecule has 0 amide bonds. The summed E-state index contributed by atoms with van der Waals surface area (Å²) in [5.74, 6) is -0.610. The summed E-state index contributed by atoms with van der Waals surface area (Å²) in [6.07, 6.45) is 3.09. The highest BCUT2D eigenvalue weighted by Gasteiger charge is 2.44. The average molecular weight is 513 g/mol. The third-order valence-corrected chi connectivity index (χ3v) is 8.18. The number of likely N-dealkylation sites (N-methyl/N-ethyl adjacent to an activating group) is 1. The largest absolute Gasteiger partial charge is 0.466 e. The summed E-state index contributed by atoms with van der Waals surface area (Å²) in [6, 6.07) is 2.65. The molecule has 2 aliphatic heterocycles. The van der Waals surface area contributed by atoms with E-state index < -0.39 is 33.9 Å². The fourth-order valence-electron chi connectivity index (χ4n) is 4.35. The van der Waals surface area contributed by atoms with Crippen LogP contribution in [-0.4, -0.2) is 66.9 Å². The van der Waals surface area contributed by atoms with Crippen LogP contribution < -0.4 is 0 Å². The second-order valence-electron chi connectivity index (χ2n) is 7.65. The Kier molecular flexibility index (Phi) is 6.59. The zero-order valence-corrected chi connectivity index (χ0v) is 20.5. The molecule has 0 saturated carbocycles. The first-order valence-electron chi connectivity index (χ1n) is 10.1. The van der Waals surface area contributed by atoms with Crippen LogP contribution in [0.5, 0.6) is 0 Å². The summed E-state index contributed by atoms with van der Waals surface area (Å²) in [5.41, 5.74) is 1.29. The van der Waals surface area contributed by atoms with Crippen LogP contribution in [0.2, 0.25) is 5.02 Å². The second kappa shape index (κ2) is 9.13. The number of benzene rings is 1. The number of rotatable bonds is 6. The summed E-state index contributed by atoms with van der Waals surface area (Å²) >= 11 is 7.73. The number of amidine groups is 1. The SMILES string of the molecule is CCN([C@H]1CC2=C(C(=O)OC)[C@H](c3ccc(F)cc3Cl)N=C(c3nccs3)N2C1)S(C)(=O)=O. The molecule has 0 unspecified atom stereocenters. The molecule has 0 bridgehead atoms. The van der Waals surface area contributed by atoms with E-state index in [1.165, 1.54) is 47.2 Å². The third-order valence-electron chi connectivity index (χ3n) is 5.67. The summed E-state index contributed by atoms with van der Waals surface area (Å²) in [6.45, 7) is 2.36. The lowest BCUT2D eigenvalue weighted by Crippen LogP contribution is -2.42. The first-order valence-corrected chi connectivity index (χ1v) is 13.2. The number of hydrogen-bond donors (Lipinski definition) is 0. The van der Waals surface area contributed by atoms with E-state index in [-0.39, 0.29) is 23.6 Å². The second-order valence-corrected chi connectivity index (χ2v) is 10.9. The predicted octanol–water partition coefficient (Wildman–Crippen LogP) is 3.22. The van der Waals surface area contributed by atoms with Gasteiger partial charge in [0.05, 0.1) is 18.9 Å². The molecule has 4 rings (SSSR count). The van der Waals surface area contributed by atoms with Crippen molar-refractivity contribution in [2.75, 3.05) is 26.5 Å². The topological polar surface area (TPSA) is 92.2 Å². The quantitative estimate of drug-likeness (QED) is 0.552. The fraction of sp³-hybridized carbons (Fsp3) is 0.381.